The zero-order chi connectivity index (χ0) is 21.7. The lowest BCUT2D eigenvalue weighted by Gasteiger charge is -2.60. The topological polar surface area (TPSA) is 20.2 Å². The van der Waals surface area contributed by atoms with Crippen LogP contribution in [-0.4, -0.2) is 5.11 Å². The second kappa shape index (κ2) is 8.47. The van der Waals surface area contributed by atoms with E-state index in [2.05, 4.69) is 47.6 Å². The van der Waals surface area contributed by atoms with Gasteiger partial charge in [0, 0.05) is 5.41 Å². The van der Waals surface area contributed by atoms with Gasteiger partial charge in [0.25, 0.3) is 0 Å². The van der Waals surface area contributed by atoms with Crippen molar-refractivity contribution in [2.75, 3.05) is 0 Å². The molecule has 1 nitrogen and oxygen atoms in total. The first kappa shape index (κ1) is 22.7. The minimum Gasteiger partial charge on any atom is -0.512 e. The molecule has 172 valence electrons. The van der Waals surface area contributed by atoms with Crippen LogP contribution in [0.4, 0.5) is 0 Å². The summed E-state index contributed by atoms with van der Waals surface area (Å²) in [6.07, 6.45) is 17.3. The molecular formula is C29H50O. The van der Waals surface area contributed by atoms with Crippen molar-refractivity contribution in [3.63, 3.8) is 0 Å². The average molecular weight is 415 g/mol. The van der Waals surface area contributed by atoms with Crippen LogP contribution >= 0.6 is 0 Å². The highest BCUT2D eigenvalue weighted by Crippen LogP contribution is 2.68. The molecule has 3 saturated carbocycles. The lowest BCUT2D eigenvalue weighted by molar-refractivity contribution is -0.102. The minimum atomic E-state index is 0.0812. The Labute approximate surface area is 187 Å². The van der Waals surface area contributed by atoms with E-state index >= 15 is 0 Å². The fourth-order valence-corrected chi connectivity index (χ4v) is 9.58. The maximum Gasteiger partial charge on any atom is 0.0947 e. The van der Waals surface area contributed by atoms with Crippen molar-refractivity contribution in [3.05, 3.63) is 11.8 Å². The Hall–Kier alpha value is -0.460. The molecule has 0 bridgehead atoms. The van der Waals surface area contributed by atoms with Gasteiger partial charge in [0.15, 0.2) is 0 Å². The summed E-state index contributed by atoms with van der Waals surface area (Å²) in [6, 6.07) is 0. The van der Waals surface area contributed by atoms with Crippen LogP contribution in [0, 0.1) is 58.2 Å². The van der Waals surface area contributed by atoms with Crippen LogP contribution in [0.1, 0.15) is 112 Å². The second-order valence-electron chi connectivity index (χ2n) is 12.8. The maximum absolute atomic E-state index is 11.0. The summed E-state index contributed by atoms with van der Waals surface area (Å²) >= 11 is 0. The highest BCUT2D eigenvalue weighted by atomic mass is 16.3. The Bertz CT molecular complexity index is 634. The third-order valence-corrected chi connectivity index (χ3v) is 11.5. The normalized spacial score (nSPS) is 45.3. The van der Waals surface area contributed by atoms with E-state index in [0.717, 1.165) is 59.5 Å². The second-order valence-corrected chi connectivity index (χ2v) is 12.8. The molecule has 0 aromatic heterocycles. The molecule has 0 aromatic carbocycles. The molecule has 4 rings (SSSR count). The van der Waals surface area contributed by atoms with E-state index in [9.17, 15) is 5.11 Å². The van der Waals surface area contributed by atoms with Gasteiger partial charge in [-0.15, -0.1) is 0 Å². The molecule has 1 unspecified atom stereocenters. The molecule has 0 aliphatic heterocycles. The Morgan fingerprint density at radius 3 is 2.43 bits per heavy atom. The van der Waals surface area contributed by atoms with Crippen molar-refractivity contribution in [2.45, 2.75) is 112 Å². The quantitative estimate of drug-likeness (QED) is 0.460. The first-order valence-corrected chi connectivity index (χ1v) is 13.6. The van der Waals surface area contributed by atoms with E-state index in [4.69, 9.17) is 0 Å². The molecule has 0 heterocycles. The fraction of sp³-hybridized carbons (Fsp3) is 0.931. The van der Waals surface area contributed by atoms with Gasteiger partial charge in [-0.05, 0) is 117 Å². The van der Waals surface area contributed by atoms with Gasteiger partial charge in [0.1, 0.15) is 0 Å². The summed E-state index contributed by atoms with van der Waals surface area (Å²) in [6.45, 7) is 14.9. The van der Waals surface area contributed by atoms with E-state index in [0.29, 0.717) is 5.41 Å². The summed E-state index contributed by atoms with van der Waals surface area (Å²) < 4.78 is 0. The number of hydrogen-bond acceptors (Lipinski definition) is 1. The third kappa shape index (κ3) is 3.49. The SMILES string of the molecule is CC[C@H](CC[C@@H](C)[C@H]1CC[C@H]2[C@@H]3CCC4CCC=C(O)[C@]4(C)[C@H]3CC[C@]12C)C(C)C. The lowest BCUT2D eigenvalue weighted by atomic mass is 9.45. The molecule has 0 saturated heterocycles. The molecule has 0 amide bonds. The largest absolute Gasteiger partial charge is 0.512 e. The molecule has 1 heteroatoms. The summed E-state index contributed by atoms with van der Waals surface area (Å²) in [4.78, 5) is 0. The number of allylic oxidation sites excluding steroid dienone is 2. The van der Waals surface area contributed by atoms with Crippen molar-refractivity contribution < 1.29 is 5.11 Å². The van der Waals surface area contributed by atoms with Gasteiger partial charge in [-0.2, -0.15) is 0 Å². The standard InChI is InChI=1S/C29H50O/c1-7-21(19(2)3)12-11-20(4)24-15-16-25-23-14-13-22-9-8-10-27(30)29(22,6)26(23)17-18-28(24,25)5/h10,19-26,30H,7-9,11-18H2,1-6H3/t20-,21-,22?,23+,24-,25+,26+,28-,29+/m1/s1. The van der Waals surface area contributed by atoms with E-state index in [-0.39, 0.29) is 5.41 Å². The number of rotatable bonds is 6. The molecule has 9 atom stereocenters. The minimum absolute atomic E-state index is 0.0812. The molecule has 0 spiro atoms. The van der Waals surface area contributed by atoms with Crippen molar-refractivity contribution in [2.24, 2.45) is 58.2 Å². The first-order valence-electron chi connectivity index (χ1n) is 13.6. The van der Waals surface area contributed by atoms with E-state index in [1.807, 2.05) is 0 Å². The lowest BCUT2D eigenvalue weighted by Crippen LogP contribution is -2.53. The molecule has 4 aliphatic carbocycles. The number of aliphatic hydroxyl groups excluding tert-OH is 1. The van der Waals surface area contributed by atoms with Crippen molar-refractivity contribution in [1.82, 2.24) is 0 Å². The molecule has 0 aromatic rings. The Morgan fingerprint density at radius 1 is 0.967 bits per heavy atom. The Balaban J connectivity index is 1.49. The van der Waals surface area contributed by atoms with Gasteiger partial charge >= 0.3 is 0 Å². The Morgan fingerprint density at radius 2 is 1.73 bits per heavy atom. The molecule has 3 fully saturated rings. The summed E-state index contributed by atoms with van der Waals surface area (Å²) in [5, 5.41) is 11.0. The highest BCUT2D eigenvalue weighted by molar-refractivity contribution is 5.19. The van der Waals surface area contributed by atoms with E-state index in [1.54, 1.807) is 0 Å². The van der Waals surface area contributed by atoms with Crippen LogP contribution in [-0.2, 0) is 0 Å². The number of hydrogen-bond donors (Lipinski definition) is 1. The smallest absolute Gasteiger partial charge is 0.0947 e. The molecule has 1 N–H and O–H groups in total. The number of fused-ring (bicyclic) bond motifs is 5. The highest BCUT2D eigenvalue weighted by Gasteiger charge is 2.61. The van der Waals surface area contributed by atoms with Gasteiger partial charge in [0.05, 0.1) is 5.76 Å². The predicted octanol–water partition coefficient (Wildman–Crippen LogP) is 8.80. The molecule has 4 aliphatic rings. The predicted molar refractivity (Wildman–Crippen MR) is 128 cm³/mol. The fourth-order valence-electron chi connectivity index (χ4n) is 9.58. The van der Waals surface area contributed by atoms with Crippen molar-refractivity contribution in [3.8, 4) is 0 Å². The average Bonchev–Trinajstić information content (AvgIpc) is 3.06. The van der Waals surface area contributed by atoms with Crippen LogP contribution in [0.5, 0.6) is 0 Å². The van der Waals surface area contributed by atoms with Gasteiger partial charge in [-0.25, -0.2) is 0 Å². The van der Waals surface area contributed by atoms with Crippen LogP contribution in [0.15, 0.2) is 11.8 Å². The van der Waals surface area contributed by atoms with E-state index < -0.39 is 0 Å². The van der Waals surface area contributed by atoms with Crippen LogP contribution < -0.4 is 0 Å². The maximum atomic E-state index is 11.0. The van der Waals surface area contributed by atoms with Crippen LogP contribution in [0.25, 0.3) is 0 Å². The summed E-state index contributed by atoms with van der Waals surface area (Å²) in [5.41, 5.74) is 0.634. The molecule has 30 heavy (non-hydrogen) atoms. The third-order valence-electron chi connectivity index (χ3n) is 11.5. The van der Waals surface area contributed by atoms with E-state index in [1.165, 1.54) is 64.2 Å². The number of aliphatic hydroxyl groups is 1. The Kier molecular flexibility index (Phi) is 6.42. The van der Waals surface area contributed by atoms with Gasteiger partial charge in [0.2, 0.25) is 0 Å². The zero-order valence-electron chi connectivity index (χ0n) is 20.9. The van der Waals surface area contributed by atoms with Crippen molar-refractivity contribution >= 4 is 0 Å². The zero-order valence-corrected chi connectivity index (χ0v) is 20.9. The van der Waals surface area contributed by atoms with Gasteiger partial charge in [-0.1, -0.05) is 54.4 Å². The molecular weight excluding hydrogens is 364 g/mol. The summed E-state index contributed by atoms with van der Waals surface area (Å²) in [5.74, 6) is 7.52. The monoisotopic (exact) mass is 414 g/mol. The van der Waals surface area contributed by atoms with Gasteiger partial charge < -0.3 is 5.11 Å². The van der Waals surface area contributed by atoms with Crippen LogP contribution in [0.3, 0.4) is 0 Å². The summed E-state index contributed by atoms with van der Waals surface area (Å²) in [7, 11) is 0. The van der Waals surface area contributed by atoms with Crippen LogP contribution in [0.2, 0.25) is 0 Å². The van der Waals surface area contributed by atoms with Gasteiger partial charge in [-0.3, -0.25) is 0 Å². The first-order chi connectivity index (χ1) is 14.2. The van der Waals surface area contributed by atoms with Crippen molar-refractivity contribution in [1.29, 1.82) is 0 Å². The molecule has 0 radical (unpaired) electrons.